The molecule has 1 aliphatic heterocycles. The smallest absolute Gasteiger partial charge is 0.256 e. The van der Waals surface area contributed by atoms with Gasteiger partial charge in [-0.1, -0.05) is 18.2 Å². The van der Waals surface area contributed by atoms with Gasteiger partial charge >= 0.3 is 0 Å². The molecular weight excluding hydrogens is 190 g/mol. The largest absolute Gasteiger partial charge is 0.358 e. The molecule has 0 fully saturated rings. The number of anilines is 1. The molecule has 0 saturated carbocycles. The summed E-state index contributed by atoms with van der Waals surface area (Å²) in [6.07, 6.45) is 2.48. The standard InChI is InChI=1S/C11H13N3O/c12-7-6-9-8-13-14(11(9)15)10-4-2-1-3-5-10/h1-5,8-9H,6-7,12H2/p+1. The van der Waals surface area contributed by atoms with E-state index in [9.17, 15) is 4.79 Å². The van der Waals surface area contributed by atoms with Crippen LogP contribution in [-0.2, 0) is 4.79 Å². The highest BCUT2D eigenvalue weighted by atomic mass is 16.2. The molecule has 1 aromatic rings. The number of rotatable bonds is 3. The molecular formula is C11H14N3O+. The molecule has 3 N–H and O–H groups in total. The molecule has 15 heavy (non-hydrogen) atoms. The normalized spacial score (nSPS) is 19.9. The van der Waals surface area contributed by atoms with Crippen LogP contribution in [0.25, 0.3) is 0 Å². The molecule has 1 heterocycles. The van der Waals surface area contributed by atoms with Crippen molar-refractivity contribution in [1.29, 1.82) is 0 Å². The molecule has 4 nitrogen and oxygen atoms in total. The summed E-state index contributed by atoms with van der Waals surface area (Å²) in [5.41, 5.74) is 4.57. The van der Waals surface area contributed by atoms with Crippen LogP contribution in [0.1, 0.15) is 6.42 Å². The Kier molecular flexibility index (Phi) is 2.78. The van der Waals surface area contributed by atoms with E-state index in [1.807, 2.05) is 30.3 Å². The van der Waals surface area contributed by atoms with Gasteiger partial charge in [0.1, 0.15) is 0 Å². The molecule has 0 saturated heterocycles. The molecule has 2 rings (SSSR count). The highest BCUT2D eigenvalue weighted by Crippen LogP contribution is 2.21. The van der Waals surface area contributed by atoms with Crippen molar-refractivity contribution >= 4 is 17.8 Å². The van der Waals surface area contributed by atoms with Crippen LogP contribution in [0, 0.1) is 5.92 Å². The van der Waals surface area contributed by atoms with Gasteiger partial charge in [-0.2, -0.15) is 5.10 Å². The number of benzene rings is 1. The summed E-state index contributed by atoms with van der Waals surface area (Å²) in [6.45, 7) is 0.755. The second kappa shape index (κ2) is 4.23. The maximum atomic E-state index is 11.9. The molecule has 4 heteroatoms. The van der Waals surface area contributed by atoms with E-state index in [0.717, 1.165) is 18.7 Å². The monoisotopic (exact) mass is 204 g/mol. The van der Waals surface area contributed by atoms with Gasteiger partial charge in [-0.15, -0.1) is 0 Å². The molecule has 0 aromatic heterocycles. The third-order valence-corrected chi connectivity index (χ3v) is 2.40. The molecule has 0 spiro atoms. The van der Waals surface area contributed by atoms with E-state index in [1.54, 1.807) is 6.21 Å². The molecule has 0 aliphatic carbocycles. The van der Waals surface area contributed by atoms with Gasteiger partial charge in [0.15, 0.2) is 0 Å². The lowest BCUT2D eigenvalue weighted by Crippen LogP contribution is -2.51. The Hall–Kier alpha value is -1.68. The van der Waals surface area contributed by atoms with Crippen molar-refractivity contribution in [2.75, 3.05) is 11.6 Å². The van der Waals surface area contributed by atoms with Crippen LogP contribution in [0.4, 0.5) is 5.69 Å². The van der Waals surface area contributed by atoms with Gasteiger partial charge in [-0.25, -0.2) is 5.01 Å². The number of hydrogen-bond acceptors (Lipinski definition) is 2. The van der Waals surface area contributed by atoms with E-state index in [-0.39, 0.29) is 11.8 Å². The minimum Gasteiger partial charge on any atom is -0.358 e. The molecule has 0 bridgehead atoms. The first-order valence-electron chi connectivity index (χ1n) is 5.05. The zero-order valence-corrected chi connectivity index (χ0v) is 8.47. The van der Waals surface area contributed by atoms with Gasteiger partial charge in [0, 0.05) is 12.6 Å². The second-order valence-corrected chi connectivity index (χ2v) is 3.50. The first kappa shape index (κ1) is 9.86. The second-order valence-electron chi connectivity index (χ2n) is 3.50. The van der Waals surface area contributed by atoms with Crippen molar-refractivity contribution in [3.63, 3.8) is 0 Å². The van der Waals surface area contributed by atoms with Crippen molar-refractivity contribution in [2.24, 2.45) is 11.0 Å². The number of nitrogens with zero attached hydrogens (tertiary/aromatic N) is 2. The van der Waals surface area contributed by atoms with Crippen LogP contribution < -0.4 is 10.7 Å². The first-order valence-corrected chi connectivity index (χ1v) is 5.05. The minimum absolute atomic E-state index is 0.0462. The van der Waals surface area contributed by atoms with Gasteiger partial charge < -0.3 is 5.73 Å². The summed E-state index contributed by atoms with van der Waals surface area (Å²) in [5, 5.41) is 5.58. The summed E-state index contributed by atoms with van der Waals surface area (Å²) in [7, 11) is 0. The van der Waals surface area contributed by atoms with Crippen molar-refractivity contribution in [3.8, 4) is 0 Å². The maximum Gasteiger partial charge on any atom is 0.256 e. The van der Waals surface area contributed by atoms with Crippen LogP contribution >= 0.6 is 0 Å². The Morgan fingerprint density at radius 3 is 2.73 bits per heavy atom. The molecule has 1 aromatic carbocycles. The fourth-order valence-electron chi connectivity index (χ4n) is 1.61. The van der Waals surface area contributed by atoms with Crippen molar-refractivity contribution in [2.45, 2.75) is 6.42 Å². The van der Waals surface area contributed by atoms with E-state index in [4.69, 9.17) is 0 Å². The molecule has 1 atom stereocenters. The van der Waals surface area contributed by atoms with E-state index in [0.29, 0.717) is 0 Å². The Morgan fingerprint density at radius 2 is 2.07 bits per heavy atom. The lowest BCUT2D eigenvalue weighted by molar-refractivity contribution is -0.368. The quantitative estimate of drug-likeness (QED) is 0.754. The zero-order valence-electron chi connectivity index (χ0n) is 8.47. The predicted octanol–water partition coefficient (Wildman–Crippen LogP) is 0.267. The number of hydrogen-bond donors (Lipinski definition) is 1. The van der Waals surface area contributed by atoms with E-state index >= 15 is 0 Å². The lowest BCUT2D eigenvalue weighted by Gasteiger charge is -2.13. The van der Waals surface area contributed by atoms with Crippen LogP contribution in [0.2, 0.25) is 0 Å². The van der Waals surface area contributed by atoms with Gasteiger partial charge in [0.2, 0.25) is 0 Å². The van der Waals surface area contributed by atoms with Crippen molar-refractivity contribution in [3.05, 3.63) is 30.3 Å². The van der Waals surface area contributed by atoms with Gasteiger partial charge in [-0.3, -0.25) is 4.79 Å². The fraction of sp³-hybridized carbons (Fsp3) is 0.273. The van der Waals surface area contributed by atoms with E-state index in [1.165, 1.54) is 5.01 Å². The molecule has 1 amide bonds. The number of para-hydroxylation sites is 1. The Bertz CT molecular complexity index is 375. The summed E-state index contributed by atoms with van der Waals surface area (Å²) in [5.74, 6) is -0.0486. The Balaban J connectivity index is 2.15. The summed E-state index contributed by atoms with van der Waals surface area (Å²) < 4.78 is 0. The third kappa shape index (κ3) is 1.89. The van der Waals surface area contributed by atoms with Crippen LogP contribution in [0.3, 0.4) is 0 Å². The van der Waals surface area contributed by atoms with Crippen molar-refractivity contribution < 1.29 is 10.5 Å². The summed E-state index contributed by atoms with van der Waals surface area (Å²) in [6, 6.07) is 9.46. The average molecular weight is 204 g/mol. The number of amides is 1. The van der Waals surface area contributed by atoms with E-state index < -0.39 is 0 Å². The van der Waals surface area contributed by atoms with Gasteiger partial charge in [0.05, 0.1) is 18.2 Å². The highest BCUT2D eigenvalue weighted by molar-refractivity contribution is 6.07. The average Bonchev–Trinajstić information content (AvgIpc) is 2.63. The predicted molar refractivity (Wildman–Crippen MR) is 58.3 cm³/mol. The molecule has 1 unspecified atom stereocenters. The van der Waals surface area contributed by atoms with Gasteiger partial charge in [0.25, 0.3) is 5.91 Å². The minimum atomic E-state index is -0.0947. The first-order chi connectivity index (χ1) is 7.33. The fourth-order valence-corrected chi connectivity index (χ4v) is 1.61. The summed E-state index contributed by atoms with van der Waals surface area (Å²) in [4.78, 5) is 11.9. The van der Waals surface area contributed by atoms with Gasteiger partial charge in [-0.05, 0) is 12.1 Å². The van der Waals surface area contributed by atoms with E-state index in [2.05, 4.69) is 10.8 Å². The SMILES string of the molecule is [NH3+]CCC1C=NN(c2ccccc2)C1=O. The topological polar surface area (TPSA) is 60.3 Å². The number of hydrazone groups is 1. The Morgan fingerprint density at radius 1 is 1.33 bits per heavy atom. The van der Waals surface area contributed by atoms with Crippen LogP contribution in [-0.4, -0.2) is 18.7 Å². The lowest BCUT2D eigenvalue weighted by atomic mass is 10.1. The Labute approximate surface area is 88.4 Å². The van der Waals surface area contributed by atoms with Crippen LogP contribution in [0.15, 0.2) is 35.4 Å². The maximum absolute atomic E-state index is 11.9. The number of quaternary nitrogens is 1. The van der Waals surface area contributed by atoms with Crippen LogP contribution in [0.5, 0.6) is 0 Å². The van der Waals surface area contributed by atoms with Crippen molar-refractivity contribution in [1.82, 2.24) is 0 Å². The highest BCUT2D eigenvalue weighted by Gasteiger charge is 2.28. The molecule has 0 radical (unpaired) electrons. The number of carbonyl (C=O) groups is 1. The molecule has 1 aliphatic rings. The summed E-state index contributed by atoms with van der Waals surface area (Å²) >= 11 is 0. The third-order valence-electron chi connectivity index (χ3n) is 2.40. The number of carbonyl (C=O) groups excluding carboxylic acids is 1. The molecule has 78 valence electrons. The zero-order chi connectivity index (χ0) is 10.7.